The molecule has 1 N–H and O–H groups in total. The number of rotatable bonds is 4. The SMILES string of the molecule is CC(C)(C)NC(=O)CN(C(=O)[C@@H]1CSC(=O)C1)c1ccc(F)cc1. The van der Waals surface area contributed by atoms with Gasteiger partial charge in [0.25, 0.3) is 0 Å². The van der Waals surface area contributed by atoms with Crippen molar-refractivity contribution in [2.75, 3.05) is 17.2 Å². The van der Waals surface area contributed by atoms with Crippen LogP contribution in [0.2, 0.25) is 0 Å². The number of amides is 2. The van der Waals surface area contributed by atoms with Gasteiger partial charge in [-0.05, 0) is 45.0 Å². The number of hydrogen-bond donors (Lipinski definition) is 1. The van der Waals surface area contributed by atoms with Gasteiger partial charge in [-0.25, -0.2) is 4.39 Å². The van der Waals surface area contributed by atoms with E-state index < -0.39 is 17.3 Å². The normalized spacial score (nSPS) is 17.7. The van der Waals surface area contributed by atoms with E-state index in [0.717, 1.165) is 11.8 Å². The van der Waals surface area contributed by atoms with E-state index in [4.69, 9.17) is 0 Å². The zero-order valence-corrected chi connectivity index (χ0v) is 14.8. The maximum absolute atomic E-state index is 13.2. The second-order valence-electron chi connectivity index (χ2n) is 6.78. The summed E-state index contributed by atoms with van der Waals surface area (Å²) in [7, 11) is 0. The summed E-state index contributed by atoms with van der Waals surface area (Å²) in [5.41, 5.74) is 0.0168. The Kier molecular flexibility index (Phi) is 5.64. The molecule has 0 aliphatic carbocycles. The second kappa shape index (κ2) is 7.34. The third-order valence-corrected chi connectivity index (χ3v) is 4.49. The number of thioether (sulfide) groups is 1. The topological polar surface area (TPSA) is 66.5 Å². The van der Waals surface area contributed by atoms with Gasteiger partial charge < -0.3 is 10.2 Å². The average molecular weight is 352 g/mol. The maximum Gasteiger partial charge on any atom is 0.240 e. The number of nitrogens with zero attached hydrogens (tertiary/aromatic N) is 1. The van der Waals surface area contributed by atoms with Crippen LogP contribution in [-0.4, -0.2) is 34.8 Å². The van der Waals surface area contributed by atoms with Crippen LogP contribution >= 0.6 is 11.8 Å². The molecule has 0 radical (unpaired) electrons. The fourth-order valence-corrected chi connectivity index (χ4v) is 3.38. The third-order valence-electron chi connectivity index (χ3n) is 3.43. The Hall–Kier alpha value is -1.89. The van der Waals surface area contributed by atoms with Crippen molar-refractivity contribution in [2.45, 2.75) is 32.7 Å². The number of anilines is 1. The fraction of sp³-hybridized carbons (Fsp3) is 0.471. The van der Waals surface area contributed by atoms with E-state index >= 15 is 0 Å². The molecule has 2 rings (SSSR count). The first-order chi connectivity index (χ1) is 11.2. The van der Waals surface area contributed by atoms with Crippen LogP contribution in [0, 0.1) is 11.7 Å². The van der Waals surface area contributed by atoms with E-state index in [1.165, 1.54) is 29.2 Å². The van der Waals surface area contributed by atoms with E-state index in [1.807, 2.05) is 20.8 Å². The zero-order valence-electron chi connectivity index (χ0n) is 14.0. The Bertz CT molecular complexity index is 640. The smallest absolute Gasteiger partial charge is 0.240 e. The first kappa shape index (κ1) is 18.4. The third kappa shape index (κ3) is 5.06. The molecule has 7 heteroatoms. The second-order valence-corrected chi connectivity index (χ2v) is 7.86. The number of hydrogen-bond acceptors (Lipinski definition) is 4. The summed E-state index contributed by atoms with van der Waals surface area (Å²) in [4.78, 5) is 37.8. The van der Waals surface area contributed by atoms with E-state index in [1.54, 1.807) is 0 Å². The maximum atomic E-state index is 13.2. The van der Waals surface area contributed by atoms with Crippen LogP contribution in [0.25, 0.3) is 0 Å². The first-order valence-electron chi connectivity index (χ1n) is 7.69. The Morgan fingerprint density at radius 3 is 2.42 bits per heavy atom. The van der Waals surface area contributed by atoms with Gasteiger partial charge >= 0.3 is 0 Å². The monoisotopic (exact) mass is 352 g/mol. The highest BCUT2D eigenvalue weighted by Crippen LogP contribution is 2.28. The van der Waals surface area contributed by atoms with Crippen molar-refractivity contribution in [3.05, 3.63) is 30.1 Å². The molecule has 130 valence electrons. The van der Waals surface area contributed by atoms with Crippen LogP contribution in [-0.2, 0) is 14.4 Å². The van der Waals surface area contributed by atoms with Crippen molar-refractivity contribution in [1.29, 1.82) is 0 Å². The molecule has 0 saturated carbocycles. The quantitative estimate of drug-likeness (QED) is 0.903. The number of benzene rings is 1. The summed E-state index contributed by atoms with van der Waals surface area (Å²) in [5.74, 6) is -1.05. The van der Waals surface area contributed by atoms with Crippen molar-refractivity contribution < 1.29 is 18.8 Å². The van der Waals surface area contributed by atoms with Gasteiger partial charge in [-0.3, -0.25) is 14.4 Å². The molecule has 0 unspecified atom stereocenters. The lowest BCUT2D eigenvalue weighted by Gasteiger charge is -2.27. The first-order valence-corrected chi connectivity index (χ1v) is 8.68. The molecule has 24 heavy (non-hydrogen) atoms. The van der Waals surface area contributed by atoms with Crippen molar-refractivity contribution in [1.82, 2.24) is 5.32 Å². The van der Waals surface area contributed by atoms with Crippen molar-refractivity contribution in [3.8, 4) is 0 Å². The summed E-state index contributed by atoms with van der Waals surface area (Å²) < 4.78 is 13.2. The van der Waals surface area contributed by atoms with Gasteiger partial charge in [0.2, 0.25) is 11.8 Å². The van der Waals surface area contributed by atoms with Gasteiger partial charge in [-0.2, -0.15) is 0 Å². The van der Waals surface area contributed by atoms with Gasteiger partial charge in [0.1, 0.15) is 12.4 Å². The zero-order chi connectivity index (χ0) is 17.9. The molecule has 0 aromatic heterocycles. The minimum atomic E-state index is -0.449. The summed E-state index contributed by atoms with van der Waals surface area (Å²) in [5, 5.41) is 2.78. The molecule has 1 atom stereocenters. The van der Waals surface area contributed by atoms with Crippen molar-refractivity contribution in [3.63, 3.8) is 0 Å². The number of carbonyl (C=O) groups is 3. The van der Waals surface area contributed by atoms with E-state index in [2.05, 4.69) is 5.32 Å². The molecular formula is C17H21FN2O3S. The Morgan fingerprint density at radius 2 is 1.92 bits per heavy atom. The van der Waals surface area contributed by atoms with Crippen LogP contribution in [0.1, 0.15) is 27.2 Å². The van der Waals surface area contributed by atoms with Gasteiger partial charge in [0.05, 0.1) is 5.92 Å². The lowest BCUT2D eigenvalue weighted by molar-refractivity contribution is -0.126. The van der Waals surface area contributed by atoms with Crippen molar-refractivity contribution >= 4 is 34.4 Å². The molecule has 1 aliphatic heterocycles. The van der Waals surface area contributed by atoms with Crippen LogP contribution in [0.5, 0.6) is 0 Å². The minimum Gasteiger partial charge on any atom is -0.350 e. The van der Waals surface area contributed by atoms with E-state index in [-0.39, 0.29) is 29.9 Å². The van der Waals surface area contributed by atoms with Gasteiger partial charge in [-0.15, -0.1) is 0 Å². The van der Waals surface area contributed by atoms with Crippen LogP contribution in [0.15, 0.2) is 24.3 Å². The Morgan fingerprint density at radius 1 is 1.29 bits per heavy atom. The number of carbonyl (C=O) groups excluding carboxylic acids is 3. The van der Waals surface area contributed by atoms with E-state index in [9.17, 15) is 18.8 Å². The molecule has 1 aromatic rings. The highest BCUT2D eigenvalue weighted by atomic mass is 32.2. The van der Waals surface area contributed by atoms with Crippen molar-refractivity contribution in [2.24, 2.45) is 5.92 Å². The Balaban J connectivity index is 2.21. The lowest BCUT2D eigenvalue weighted by Crippen LogP contribution is -2.48. The van der Waals surface area contributed by atoms with Gasteiger partial charge in [0.15, 0.2) is 5.12 Å². The summed E-state index contributed by atoms with van der Waals surface area (Å²) in [6.07, 6.45) is 0.169. The molecule has 1 aromatic carbocycles. The standard InChI is InChI=1S/C17H21FN2O3S/c1-17(2,3)19-14(21)9-20(13-6-4-12(18)5-7-13)16(23)11-8-15(22)24-10-11/h4-7,11H,8-10H2,1-3H3,(H,19,21)/t11-/m0/s1. The number of nitrogens with one attached hydrogen (secondary N) is 1. The summed E-state index contributed by atoms with van der Waals surface area (Å²) >= 11 is 1.13. The molecular weight excluding hydrogens is 331 g/mol. The fourth-order valence-electron chi connectivity index (χ4n) is 2.41. The van der Waals surface area contributed by atoms with E-state index in [0.29, 0.717) is 11.4 Å². The average Bonchev–Trinajstić information content (AvgIpc) is 2.90. The molecule has 1 aliphatic rings. The van der Waals surface area contributed by atoms with Gasteiger partial charge in [-0.1, -0.05) is 11.8 Å². The molecule has 1 saturated heterocycles. The van der Waals surface area contributed by atoms with Crippen LogP contribution < -0.4 is 10.2 Å². The summed E-state index contributed by atoms with van der Waals surface area (Å²) in [6.45, 7) is 5.38. The molecule has 0 bridgehead atoms. The van der Waals surface area contributed by atoms with Crippen LogP contribution in [0.4, 0.5) is 10.1 Å². The number of halogens is 1. The molecule has 1 fully saturated rings. The minimum absolute atomic E-state index is 0.0217. The predicted octanol–water partition coefficient (Wildman–Crippen LogP) is 2.35. The molecule has 0 spiro atoms. The predicted molar refractivity (Wildman–Crippen MR) is 92.2 cm³/mol. The highest BCUT2D eigenvalue weighted by molar-refractivity contribution is 8.14. The Labute approximate surface area is 145 Å². The summed E-state index contributed by atoms with van der Waals surface area (Å²) in [6, 6.07) is 5.40. The molecule has 1 heterocycles. The van der Waals surface area contributed by atoms with Gasteiger partial charge in [0, 0.05) is 23.4 Å². The molecule has 2 amide bonds. The highest BCUT2D eigenvalue weighted by Gasteiger charge is 2.34. The largest absolute Gasteiger partial charge is 0.350 e. The van der Waals surface area contributed by atoms with Crippen LogP contribution in [0.3, 0.4) is 0 Å². The molecule has 5 nitrogen and oxygen atoms in total. The lowest BCUT2D eigenvalue weighted by atomic mass is 10.1.